The summed E-state index contributed by atoms with van der Waals surface area (Å²) in [4.78, 5) is 8.97. The molecule has 0 radical (unpaired) electrons. The Bertz CT molecular complexity index is 975. The first-order valence-electron chi connectivity index (χ1n) is 10.2. The fourth-order valence-electron chi connectivity index (χ4n) is 3.61. The zero-order valence-electron chi connectivity index (χ0n) is 16.9. The number of nitrogens with two attached hydrogens (primary N) is 1. The highest BCUT2D eigenvalue weighted by Crippen LogP contribution is 2.32. The van der Waals surface area contributed by atoms with Crippen molar-refractivity contribution in [3.63, 3.8) is 0 Å². The number of dihydropyridines is 1. The van der Waals surface area contributed by atoms with Gasteiger partial charge < -0.3 is 15.2 Å². The highest BCUT2D eigenvalue weighted by molar-refractivity contribution is 6.31. The minimum absolute atomic E-state index is 0.270. The number of nitrogens with zero attached hydrogens (tertiary/aromatic N) is 2. The smallest absolute Gasteiger partial charge is 0.166 e. The maximum absolute atomic E-state index is 13.6. The average Bonchev–Trinajstić information content (AvgIpc) is 2.71. The number of hydrogen-bond donors (Lipinski definition) is 1. The van der Waals surface area contributed by atoms with Crippen molar-refractivity contribution in [1.82, 2.24) is 4.98 Å². The molecule has 7 heteroatoms. The molecule has 3 heterocycles. The van der Waals surface area contributed by atoms with E-state index < -0.39 is 6.10 Å². The number of rotatable bonds is 7. The third kappa shape index (κ3) is 4.82. The molecule has 0 aliphatic carbocycles. The van der Waals surface area contributed by atoms with Crippen molar-refractivity contribution in [1.29, 1.82) is 0 Å². The molecule has 2 atom stereocenters. The minimum atomic E-state index is -0.485. The summed E-state index contributed by atoms with van der Waals surface area (Å²) in [5.41, 5.74) is 8.44. The molecule has 0 saturated carbocycles. The highest BCUT2D eigenvalue weighted by Gasteiger charge is 2.21. The summed E-state index contributed by atoms with van der Waals surface area (Å²) >= 11 is 6.19. The van der Waals surface area contributed by atoms with E-state index in [1.807, 2.05) is 12.3 Å². The number of ether oxygens (including phenoxy) is 2. The molecule has 1 fully saturated rings. The number of nitrogen functional groups attached to an aromatic ring is 1. The van der Waals surface area contributed by atoms with Crippen LogP contribution in [-0.4, -0.2) is 30.5 Å². The summed E-state index contributed by atoms with van der Waals surface area (Å²) in [5.74, 6) is 1.03. The molecule has 2 unspecified atom stereocenters. The molecule has 0 bridgehead atoms. The number of halogens is 2. The van der Waals surface area contributed by atoms with Crippen LogP contribution in [0.5, 0.6) is 5.75 Å². The predicted octanol–water partition coefficient (Wildman–Crippen LogP) is 5.25. The molecule has 158 valence electrons. The van der Waals surface area contributed by atoms with Crippen molar-refractivity contribution in [2.45, 2.75) is 38.3 Å². The van der Waals surface area contributed by atoms with E-state index >= 15 is 0 Å². The Morgan fingerprint density at radius 3 is 2.83 bits per heavy atom. The van der Waals surface area contributed by atoms with Gasteiger partial charge in [0, 0.05) is 34.5 Å². The number of pyridine rings is 1. The number of hydrogen-bond acceptors (Lipinski definition) is 5. The first-order chi connectivity index (χ1) is 14.5. The molecule has 2 aromatic rings. The molecule has 1 saturated heterocycles. The molecular weight excluding hydrogens is 405 g/mol. The molecular formula is C23H25ClFN3O2. The Hall–Kier alpha value is -2.44. The average molecular weight is 430 g/mol. The van der Waals surface area contributed by atoms with Crippen LogP contribution in [0.1, 0.15) is 43.4 Å². The lowest BCUT2D eigenvalue weighted by atomic mass is 9.95. The molecule has 2 aliphatic heterocycles. The molecule has 4 rings (SSSR count). The Morgan fingerprint density at radius 1 is 1.30 bits per heavy atom. The molecule has 2 aliphatic rings. The highest BCUT2D eigenvalue weighted by atomic mass is 35.5. The van der Waals surface area contributed by atoms with Gasteiger partial charge in [-0.3, -0.25) is 4.99 Å². The zero-order valence-corrected chi connectivity index (χ0v) is 17.6. The van der Waals surface area contributed by atoms with Gasteiger partial charge in [-0.15, -0.1) is 0 Å². The topological polar surface area (TPSA) is 69.7 Å². The van der Waals surface area contributed by atoms with E-state index in [1.165, 1.54) is 18.2 Å². The van der Waals surface area contributed by atoms with Gasteiger partial charge in [-0.2, -0.15) is 0 Å². The normalized spacial score (nSPS) is 19.8. The van der Waals surface area contributed by atoms with Crippen LogP contribution in [0, 0.1) is 11.7 Å². The lowest BCUT2D eigenvalue weighted by Crippen LogP contribution is -2.28. The molecule has 5 nitrogen and oxygen atoms in total. The van der Waals surface area contributed by atoms with E-state index in [-0.39, 0.29) is 11.6 Å². The molecule has 0 amide bonds. The summed E-state index contributed by atoms with van der Waals surface area (Å²) < 4.78 is 24.8. The van der Waals surface area contributed by atoms with Gasteiger partial charge in [-0.1, -0.05) is 17.7 Å². The summed E-state index contributed by atoms with van der Waals surface area (Å²) in [6.45, 7) is 3.57. The lowest BCUT2D eigenvalue weighted by Gasteiger charge is -2.27. The maximum atomic E-state index is 13.6. The zero-order chi connectivity index (χ0) is 21.1. The Kier molecular flexibility index (Phi) is 6.35. The first-order valence-corrected chi connectivity index (χ1v) is 10.6. The van der Waals surface area contributed by atoms with Crippen molar-refractivity contribution >= 4 is 29.2 Å². The Labute approximate surface area is 180 Å². The van der Waals surface area contributed by atoms with Gasteiger partial charge in [0.25, 0.3) is 0 Å². The Balaban J connectivity index is 1.43. The Morgan fingerprint density at radius 2 is 2.13 bits per heavy atom. The minimum Gasteiger partial charge on any atom is -0.482 e. The number of anilines is 1. The summed E-state index contributed by atoms with van der Waals surface area (Å²) in [5, 5.41) is 0.438. The number of benzene rings is 1. The van der Waals surface area contributed by atoms with Crippen molar-refractivity contribution in [3.05, 3.63) is 58.5 Å². The van der Waals surface area contributed by atoms with Crippen LogP contribution in [0.15, 0.2) is 41.5 Å². The van der Waals surface area contributed by atoms with E-state index in [0.29, 0.717) is 28.3 Å². The summed E-state index contributed by atoms with van der Waals surface area (Å²) in [6, 6.07) is 6.36. The van der Waals surface area contributed by atoms with Crippen LogP contribution >= 0.6 is 11.6 Å². The van der Waals surface area contributed by atoms with Crippen LogP contribution in [0.4, 0.5) is 10.2 Å². The predicted molar refractivity (Wildman–Crippen MR) is 118 cm³/mol. The fourth-order valence-corrected chi connectivity index (χ4v) is 3.89. The van der Waals surface area contributed by atoms with Gasteiger partial charge in [0.1, 0.15) is 11.9 Å². The van der Waals surface area contributed by atoms with Crippen LogP contribution in [0.3, 0.4) is 0 Å². The summed E-state index contributed by atoms with van der Waals surface area (Å²) in [7, 11) is 0. The van der Waals surface area contributed by atoms with Crippen LogP contribution in [0.25, 0.3) is 5.57 Å². The second-order valence-electron chi connectivity index (χ2n) is 7.84. The number of allylic oxidation sites excluding steroid dienone is 1. The SMILES string of the molecule is CC(Oc1cc(C2=CCC(CCC3COC3)N=C2)cnc1N)c1cc(F)ccc1Cl. The first kappa shape index (κ1) is 20.8. The monoisotopic (exact) mass is 429 g/mol. The fraction of sp³-hybridized carbons (Fsp3) is 0.391. The van der Waals surface area contributed by atoms with Gasteiger partial charge >= 0.3 is 0 Å². The maximum Gasteiger partial charge on any atom is 0.166 e. The van der Waals surface area contributed by atoms with E-state index in [0.717, 1.165) is 43.6 Å². The second-order valence-corrected chi connectivity index (χ2v) is 8.25. The van der Waals surface area contributed by atoms with E-state index in [9.17, 15) is 4.39 Å². The number of aliphatic imine (C=N–C) groups is 1. The molecule has 1 aromatic carbocycles. The van der Waals surface area contributed by atoms with Crippen LogP contribution in [-0.2, 0) is 4.74 Å². The standard InChI is InChI=1S/C23H25ClFN3O2/c1-14(20-9-18(25)4-7-21(20)24)30-22-8-17(11-28-23(22)26)16-3-6-19(27-10-16)5-2-15-12-29-13-15/h3-4,7-11,14-15,19H,2,5-6,12-13H2,1H3,(H2,26,28). The molecule has 0 spiro atoms. The van der Waals surface area contributed by atoms with Gasteiger partial charge in [0.15, 0.2) is 11.6 Å². The van der Waals surface area contributed by atoms with Gasteiger partial charge in [0.2, 0.25) is 0 Å². The van der Waals surface area contributed by atoms with Crippen LogP contribution < -0.4 is 10.5 Å². The van der Waals surface area contributed by atoms with Crippen molar-refractivity contribution in [2.75, 3.05) is 18.9 Å². The van der Waals surface area contributed by atoms with Gasteiger partial charge in [0.05, 0.1) is 19.3 Å². The van der Waals surface area contributed by atoms with Crippen molar-refractivity contribution < 1.29 is 13.9 Å². The van der Waals surface area contributed by atoms with Gasteiger partial charge in [-0.05, 0) is 56.0 Å². The van der Waals surface area contributed by atoms with E-state index in [2.05, 4.69) is 11.1 Å². The summed E-state index contributed by atoms with van der Waals surface area (Å²) in [6.07, 6.45) is 8.44. The van der Waals surface area contributed by atoms with Crippen molar-refractivity contribution in [2.24, 2.45) is 10.9 Å². The number of aromatic nitrogens is 1. The molecule has 1 aromatic heterocycles. The van der Waals surface area contributed by atoms with E-state index in [1.54, 1.807) is 13.1 Å². The van der Waals surface area contributed by atoms with Crippen LogP contribution in [0.2, 0.25) is 5.02 Å². The van der Waals surface area contributed by atoms with Crippen molar-refractivity contribution in [3.8, 4) is 5.75 Å². The molecule has 30 heavy (non-hydrogen) atoms. The third-order valence-electron chi connectivity index (χ3n) is 5.56. The molecule has 2 N–H and O–H groups in total. The third-order valence-corrected chi connectivity index (χ3v) is 5.91. The second kappa shape index (κ2) is 9.14. The largest absolute Gasteiger partial charge is 0.482 e. The van der Waals surface area contributed by atoms with E-state index in [4.69, 9.17) is 31.8 Å². The quantitative estimate of drug-likeness (QED) is 0.652. The van der Waals surface area contributed by atoms with Gasteiger partial charge in [-0.25, -0.2) is 9.37 Å². The lowest BCUT2D eigenvalue weighted by molar-refractivity contribution is -0.0368.